The summed E-state index contributed by atoms with van der Waals surface area (Å²) in [4.78, 5) is 15.7. The predicted octanol–water partition coefficient (Wildman–Crippen LogP) is 3.82. The molecular formula is C15H10BrN3OS. The number of pyridine rings is 1. The average molecular weight is 360 g/mol. The molecule has 3 rings (SSSR count). The Morgan fingerprint density at radius 3 is 2.95 bits per heavy atom. The van der Waals surface area contributed by atoms with E-state index < -0.39 is 0 Å². The average Bonchev–Trinajstić information content (AvgIpc) is 2.84. The summed E-state index contributed by atoms with van der Waals surface area (Å²) in [5, 5.41) is 5.13. The van der Waals surface area contributed by atoms with Crippen LogP contribution in [0.4, 0.5) is 0 Å². The van der Waals surface area contributed by atoms with Crippen molar-refractivity contribution >= 4 is 49.5 Å². The van der Waals surface area contributed by atoms with E-state index >= 15 is 0 Å². The first kappa shape index (κ1) is 13.9. The Morgan fingerprint density at radius 2 is 2.14 bits per heavy atom. The van der Waals surface area contributed by atoms with Gasteiger partial charge in [-0.15, -0.1) is 11.3 Å². The molecule has 1 N–H and O–H groups in total. The van der Waals surface area contributed by atoms with E-state index in [2.05, 4.69) is 37.5 Å². The summed E-state index contributed by atoms with van der Waals surface area (Å²) in [5.41, 5.74) is 3.94. The van der Waals surface area contributed by atoms with Gasteiger partial charge in [-0.1, -0.05) is 18.2 Å². The minimum absolute atomic E-state index is 0.282. The van der Waals surface area contributed by atoms with Crippen LogP contribution in [0.2, 0.25) is 0 Å². The molecule has 104 valence electrons. The maximum atomic E-state index is 11.8. The fraction of sp³-hybridized carbons (Fsp3) is 0. The molecule has 0 bridgehead atoms. The SMILES string of the molecule is O=C(N/N=C/c1c(Br)sc2ccccc12)c1cccnc1. The Bertz CT molecular complexity index is 814. The predicted molar refractivity (Wildman–Crippen MR) is 88.8 cm³/mol. The molecule has 1 aromatic carbocycles. The molecule has 21 heavy (non-hydrogen) atoms. The molecule has 0 spiro atoms. The van der Waals surface area contributed by atoms with Crippen molar-refractivity contribution in [3.05, 3.63) is 63.7 Å². The summed E-state index contributed by atoms with van der Waals surface area (Å²) in [6.07, 6.45) is 4.77. The van der Waals surface area contributed by atoms with E-state index in [1.54, 1.807) is 35.9 Å². The van der Waals surface area contributed by atoms with E-state index in [1.165, 1.54) is 10.9 Å². The number of halogens is 1. The summed E-state index contributed by atoms with van der Waals surface area (Å²) >= 11 is 5.16. The maximum absolute atomic E-state index is 11.8. The van der Waals surface area contributed by atoms with Gasteiger partial charge in [0.15, 0.2) is 0 Å². The lowest BCUT2D eigenvalue weighted by Crippen LogP contribution is -2.17. The third kappa shape index (κ3) is 3.01. The second-order valence-corrected chi connectivity index (χ2v) is 6.60. The lowest BCUT2D eigenvalue weighted by molar-refractivity contribution is 0.0955. The van der Waals surface area contributed by atoms with Crippen LogP contribution in [-0.4, -0.2) is 17.1 Å². The molecule has 0 aliphatic carbocycles. The minimum Gasteiger partial charge on any atom is -0.267 e. The first-order valence-corrected chi connectivity index (χ1v) is 7.77. The Balaban J connectivity index is 1.79. The van der Waals surface area contributed by atoms with Crippen LogP contribution in [0.5, 0.6) is 0 Å². The van der Waals surface area contributed by atoms with E-state index in [0.29, 0.717) is 5.56 Å². The number of nitrogens with one attached hydrogen (secondary N) is 1. The van der Waals surface area contributed by atoms with Crippen LogP contribution in [-0.2, 0) is 0 Å². The molecule has 2 heterocycles. The van der Waals surface area contributed by atoms with Gasteiger partial charge in [0.1, 0.15) is 0 Å². The van der Waals surface area contributed by atoms with Gasteiger partial charge >= 0.3 is 0 Å². The molecule has 6 heteroatoms. The standard InChI is InChI=1S/C15H10BrN3OS/c16-14-12(11-5-1-2-6-13(11)21-14)9-18-19-15(20)10-4-3-7-17-8-10/h1-9H,(H,19,20)/b18-9+. The van der Waals surface area contributed by atoms with Gasteiger partial charge in [0.2, 0.25) is 0 Å². The molecule has 0 unspecified atom stereocenters. The zero-order valence-corrected chi connectivity index (χ0v) is 13.2. The Hall–Kier alpha value is -2.05. The van der Waals surface area contributed by atoms with Crippen molar-refractivity contribution in [1.82, 2.24) is 10.4 Å². The van der Waals surface area contributed by atoms with Gasteiger partial charge in [-0.05, 0) is 34.1 Å². The van der Waals surface area contributed by atoms with E-state index in [4.69, 9.17) is 0 Å². The van der Waals surface area contributed by atoms with Crippen molar-refractivity contribution in [3.63, 3.8) is 0 Å². The number of hydrogen-bond acceptors (Lipinski definition) is 4. The molecule has 3 aromatic rings. The first-order chi connectivity index (χ1) is 10.3. The van der Waals surface area contributed by atoms with E-state index in [9.17, 15) is 4.79 Å². The van der Waals surface area contributed by atoms with Gasteiger partial charge in [-0.3, -0.25) is 9.78 Å². The van der Waals surface area contributed by atoms with Crippen molar-refractivity contribution in [3.8, 4) is 0 Å². The summed E-state index contributed by atoms with van der Waals surface area (Å²) in [6.45, 7) is 0. The van der Waals surface area contributed by atoms with Gasteiger partial charge in [0.25, 0.3) is 5.91 Å². The van der Waals surface area contributed by atoms with Gasteiger partial charge in [-0.25, -0.2) is 5.43 Å². The molecule has 0 saturated carbocycles. The molecular weight excluding hydrogens is 350 g/mol. The monoisotopic (exact) mass is 359 g/mol. The number of aromatic nitrogens is 1. The highest BCUT2D eigenvalue weighted by Gasteiger charge is 2.08. The third-order valence-corrected chi connectivity index (χ3v) is 4.76. The number of nitrogens with zero attached hydrogens (tertiary/aromatic N) is 2. The highest BCUT2D eigenvalue weighted by atomic mass is 79.9. The number of hydrogen-bond donors (Lipinski definition) is 1. The van der Waals surface area contributed by atoms with Crippen molar-refractivity contribution in [2.24, 2.45) is 5.10 Å². The molecule has 4 nitrogen and oxygen atoms in total. The molecule has 0 aliphatic heterocycles. The van der Waals surface area contributed by atoms with E-state index in [0.717, 1.165) is 14.7 Å². The van der Waals surface area contributed by atoms with Gasteiger partial charge in [0.05, 0.1) is 15.6 Å². The van der Waals surface area contributed by atoms with Gasteiger partial charge in [-0.2, -0.15) is 5.10 Å². The van der Waals surface area contributed by atoms with Crippen LogP contribution in [0.15, 0.2) is 57.7 Å². The highest BCUT2D eigenvalue weighted by Crippen LogP contribution is 2.33. The smallest absolute Gasteiger partial charge is 0.267 e. The third-order valence-electron chi connectivity index (χ3n) is 2.87. The molecule has 2 aromatic heterocycles. The lowest BCUT2D eigenvalue weighted by Gasteiger charge is -1.98. The maximum Gasteiger partial charge on any atom is 0.272 e. The topological polar surface area (TPSA) is 54.4 Å². The van der Waals surface area contributed by atoms with E-state index in [1.807, 2.05) is 18.2 Å². The van der Waals surface area contributed by atoms with Gasteiger partial charge in [0, 0.05) is 28.0 Å². The Labute approximate surface area is 133 Å². The summed E-state index contributed by atoms with van der Waals surface area (Å²) in [5.74, 6) is -0.282. The number of hydrazone groups is 1. The van der Waals surface area contributed by atoms with Crippen molar-refractivity contribution in [2.45, 2.75) is 0 Å². The first-order valence-electron chi connectivity index (χ1n) is 6.16. The van der Waals surface area contributed by atoms with E-state index in [-0.39, 0.29) is 5.91 Å². The van der Waals surface area contributed by atoms with Crippen molar-refractivity contribution in [2.75, 3.05) is 0 Å². The number of amides is 1. The largest absolute Gasteiger partial charge is 0.272 e. The number of fused-ring (bicyclic) bond motifs is 1. The van der Waals surface area contributed by atoms with Crippen molar-refractivity contribution in [1.29, 1.82) is 0 Å². The second kappa shape index (κ2) is 6.15. The molecule has 0 fully saturated rings. The second-order valence-electron chi connectivity index (χ2n) is 4.23. The summed E-state index contributed by atoms with van der Waals surface area (Å²) in [6, 6.07) is 11.5. The van der Waals surface area contributed by atoms with Crippen LogP contribution in [0.25, 0.3) is 10.1 Å². The summed E-state index contributed by atoms with van der Waals surface area (Å²) < 4.78 is 2.16. The number of thiophene rings is 1. The Morgan fingerprint density at radius 1 is 1.29 bits per heavy atom. The zero-order chi connectivity index (χ0) is 14.7. The highest BCUT2D eigenvalue weighted by molar-refractivity contribution is 9.11. The van der Waals surface area contributed by atoms with Crippen LogP contribution in [0, 0.1) is 0 Å². The molecule has 0 radical (unpaired) electrons. The van der Waals surface area contributed by atoms with Crippen molar-refractivity contribution < 1.29 is 4.79 Å². The lowest BCUT2D eigenvalue weighted by atomic mass is 10.2. The number of benzene rings is 1. The molecule has 0 aliphatic rings. The molecule has 1 amide bonds. The molecule has 0 atom stereocenters. The number of rotatable bonds is 3. The zero-order valence-electron chi connectivity index (χ0n) is 10.8. The molecule has 0 saturated heterocycles. The minimum atomic E-state index is -0.282. The van der Waals surface area contributed by atoms with Crippen LogP contribution in [0.3, 0.4) is 0 Å². The quantitative estimate of drug-likeness (QED) is 0.570. The summed E-state index contributed by atoms with van der Waals surface area (Å²) in [7, 11) is 0. The van der Waals surface area contributed by atoms with Crippen LogP contribution >= 0.6 is 27.3 Å². The number of carbonyl (C=O) groups is 1. The fourth-order valence-electron chi connectivity index (χ4n) is 1.87. The number of carbonyl (C=O) groups excluding carboxylic acids is 1. The van der Waals surface area contributed by atoms with Crippen LogP contribution in [0.1, 0.15) is 15.9 Å². The van der Waals surface area contributed by atoms with Crippen LogP contribution < -0.4 is 5.43 Å². The Kier molecular flexibility index (Phi) is 4.08. The fourth-order valence-corrected chi connectivity index (χ4v) is 3.61. The van der Waals surface area contributed by atoms with Gasteiger partial charge < -0.3 is 0 Å². The normalized spacial score (nSPS) is 11.1.